The minimum Gasteiger partial charge on any atom is -0.497 e. The molecular formula is C20H18F3N3O4. The largest absolute Gasteiger partial charge is 0.497 e. The number of halogens is 3. The minimum atomic E-state index is -5.28. The summed E-state index contributed by atoms with van der Waals surface area (Å²) in [4.78, 5) is 28.0. The smallest absolute Gasteiger partial charge is 0.471 e. The number of nitrogens with zero attached hydrogens (tertiary/aromatic N) is 3. The van der Waals surface area contributed by atoms with Crippen LogP contribution in [0.3, 0.4) is 0 Å². The van der Waals surface area contributed by atoms with Crippen LogP contribution in [0.1, 0.15) is 18.5 Å². The maximum Gasteiger partial charge on any atom is 0.471 e. The molecule has 0 saturated carbocycles. The molecule has 0 radical (unpaired) electrons. The van der Waals surface area contributed by atoms with Crippen LogP contribution >= 0.6 is 0 Å². The second-order valence-corrected chi connectivity index (χ2v) is 5.89. The number of ether oxygens (including phenoxy) is 2. The van der Waals surface area contributed by atoms with Gasteiger partial charge in [0.05, 0.1) is 13.7 Å². The first-order valence-corrected chi connectivity index (χ1v) is 8.73. The summed E-state index contributed by atoms with van der Waals surface area (Å²) < 4.78 is 50.3. The Morgan fingerprint density at radius 1 is 1.10 bits per heavy atom. The second kappa shape index (κ2) is 9.71. The fourth-order valence-corrected chi connectivity index (χ4v) is 2.74. The first kappa shape index (κ1) is 22.6. The van der Waals surface area contributed by atoms with Gasteiger partial charge < -0.3 is 15.0 Å². The van der Waals surface area contributed by atoms with Crippen molar-refractivity contribution in [3.05, 3.63) is 65.7 Å². The summed E-state index contributed by atoms with van der Waals surface area (Å²) in [5.74, 6) is -3.08. The van der Waals surface area contributed by atoms with E-state index in [1.54, 1.807) is 6.07 Å². The van der Waals surface area contributed by atoms with Crippen LogP contribution in [0.4, 0.5) is 18.9 Å². The van der Waals surface area contributed by atoms with Gasteiger partial charge in [0.15, 0.2) is 6.04 Å². The number of methoxy groups -OCH3 is 1. The maximum atomic E-state index is 13.5. The van der Waals surface area contributed by atoms with Crippen molar-refractivity contribution in [2.75, 3.05) is 18.6 Å². The number of alkyl halides is 3. The average molecular weight is 421 g/mol. The van der Waals surface area contributed by atoms with Crippen LogP contribution in [0.2, 0.25) is 0 Å². The fraction of sp³-hybridized carbons (Fsp3) is 0.250. The van der Waals surface area contributed by atoms with E-state index in [1.165, 1.54) is 62.6 Å². The van der Waals surface area contributed by atoms with Gasteiger partial charge in [0.2, 0.25) is 0 Å². The van der Waals surface area contributed by atoms with Crippen LogP contribution in [-0.4, -0.2) is 42.3 Å². The lowest BCUT2D eigenvalue weighted by Crippen LogP contribution is -2.48. The summed E-state index contributed by atoms with van der Waals surface area (Å²) in [6.45, 7) is 1.36. The Bertz CT molecular complexity index is 940. The van der Waals surface area contributed by atoms with Gasteiger partial charge in [-0.2, -0.15) is 18.0 Å². The zero-order chi connectivity index (χ0) is 22.3. The lowest BCUT2D eigenvalue weighted by atomic mass is 9.99. The quantitative estimate of drug-likeness (QED) is 0.296. The molecule has 2 rings (SSSR count). The van der Waals surface area contributed by atoms with Gasteiger partial charge >= 0.3 is 23.8 Å². The zero-order valence-corrected chi connectivity index (χ0v) is 16.1. The van der Waals surface area contributed by atoms with Crippen LogP contribution in [0.5, 0.6) is 5.75 Å². The molecule has 0 aliphatic rings. The first-order valence-electron chi connectivity index (χ1n) is 8.73. The van der Waals surface area contributed by atoms with Gasteiger partial charge in [-0.05, 0) is 36.8 Å². The number of hydrogen-bond acceptors (Lipinski definition) is 4. The Balaban J connectivity index is 2.75. The summed E-state index contributed by atoms with van der Waals surface area (Å²) >= 11 is 0. The summed E-state index contributed by atoms with van der Waals surface area (Å²) in [6.07, 6.45) is -5.28. The molecule has 30 heavy (non-hydrogen) atoms. The van der Waals surface area contributed by atoms with Crippen LogP contribution in [0, 0.1) is 0 Å². The molecule has 0 aliphatic heterocycles. The Hall–Kier alpha value is -3.65. The molecular weight excluding hydrogens is 403 g/mol. The van der Waals surface area contributed by atoms with E-state index in [9.17, 15) is 28.3 Å². The van der Waals surface area contributed by atoms with E-state index in [-0.39, 0.29) is 17.9 Å². The third kappa shape index (κ3) is 5.03. The fourth-order valence-electron chi connectivity index (χ4n) is 2.74. The zero-order valence-electron chi connectivity index (χ0n) is 16.1. The third-order valence-corrected chi connectivity index (χ3v) is 4.04. The lowest BCUT2D eigenvalue weighted by Gasteiger charge is -2.29. The predicted molar refractivity (Wildman–Crippen MR) is 101 cm³/mol. The van der Waals surface area contributed by atoms with Gasteiger partial charge in [-0.25, -0.2) is 4.79 Å². The van der Waals surface area contributed by atoms with Crippen LogP contribution < -0.4 is 9.64 Å². The molecule has 1 atom stereocenters. The molecule has 0 fully saturated rings. The number of hydrogen-bond donors (Lipinski definition) is 0. The molecule has 0 N–H and O–H groups in total. The standard InChI is InChI=1S/C20H18F3N3O4/c1-3-30-18(27)16(25-24)17(13-7-5-4-6-8-13)26(19(28)20(21,22)23)14-9-11-15(29-2)12-10-14/h4-12,17H,3H2,1-2H3. The second-order valence-electron chi connectivity index (χ2n) is 5.89. The van der Waals surface area contributed by atoms with Crippen LogP contribution in [0.25, 0.3) is 5.53 Å². The first-order chi connectivity index (χ1) is 14.2. The number of carbonyl (C=O) groups excluding carboxylic acids is 2. The Labute approximate surface area is 170 Å². The SMILES string of the molecule is CCOC(=O)C(=[N+]=[N-])C(c1ccccc1)N(C(=O)C(F)(F)F)c1ccc(OC)cc1. The monoisotopic (exact) mass is 421 g/mol. The Kier molecular flexibility index (Phi) is 7.32. The van der Waals surface area contributed by atoms with E-state index in [0.29, 0.717) is 10.6 Å². The lowest BCUT2D eigenvalue weighted by molar-refractivity contribution is -0.171. The molecule has 0 saturated heterocycles. The van der Waals surface area contributed by atoms with Gasteiger partial charge in [-0.1, -0.05) is 30.3 Å². The van der Waals surface area contributed by atoms with E-state index in [0.717, 1.165) is 0 Å². The third-order valence-electron chi connectivity index (χ3n) is 4.04. The van der Waals surface area contributed by atoms with Crippen LogP contribution in [0.15, 0.2) is 54.6 Å². The van der Waals surface area contributed by atoms with Gasteiger partial charge in [0.25, 0.3) is 0 Å². The number of esters is 1. The van der Waals surface area contributed by atoms with Crippen molar-refractivity contribution in [2.45, 2.75) is 19.1 Å². The van der Waals surface area contributed by atoms with E-state index in [2.05, 4.69) is 4.79 Å². The van der Waals surface area contributed by atoms with Crippen LogP contribution in [-0.2, 0) is 14.3 Å². The Morgan fingerprint density at radius 2 is 1.70 bits per heavy atom. The van der Waals surface area contributed by atoms with Gasteiger partial charge in [0.1, 0.15) is 5.75 Å². The number of benzene rings is 2. The molecule has 0 aliphatic carbocycles. The van der Waals surface area contributed by atoms with Gasteiger partial charge in [-0.3, -0.25) is 9.69 Å². The summed E-state index contributed by atoms with van der Waals surface area (Å²) in [5.41, 5.74) is 8.59. The molecule has 0 aromatic heterocycles. The van der Waals surface area contributed by atoms with Gasteiger partial charge in [-0.15, -0.1) is 0 Å². The molecule has 1 unspecified atom stereocenters. The van der Waals surface area contributed by atoms with Crippen molar-refractivity contribution in [3.8, 4) is 5.75 Å². The normalized spacial score (nSPS) is 11.8. The van der Waals surface area contributed by atoms with Crippen molar-refractivity contribution in [1.82, 2.24) is 0 Å². The number of anilines is 1. The molecule has 0 spiro atoms. The van der Waals surface area contributed by atoms with Gasteiger partial charge in [0, 0.05) is 5.69 Å². The van der Waals surface area contributed by atoms with Crippen molar-refractivity contribution in [3.63, 3.8) is 0 Å². The summed E-state index contributed by atoms with van der Waals surface area (Å²) in [7, 11) is 1.37. The predicted octanol–water partition coefficient (Wildman–Crippen LogP) is 3.57. The highest BCUT2D eigenvalue weighted by Gasteiger charge is 2.50. The molecule has 158 valence electrons. The topological polar surface area (TPSA) is 92.2 Å². The van der Waals surface area contributed by atoms with E-state index >= 15 is 0 Å². The highest BCUT2D eigenvalue weighted by atomic mass is 19.4. The molecule has 7 nitrogen and oxygen atoms in total. The van der Waals surface area contributed by atoms with Crippen molar-refractivity contribution in [2.24, 2.45) is 0 Å². The van der Waals surface area contributed by atoms with E-state index < -0.39 is 29.8 Å². The number of amides is 1. The van der Waals surface area contributed by atoms with Crippen molar-refractivity contribution < 1.29 is 37.0 Å². The Morgan fingerprint density at radius 3 is 2.17 bits per heavy atom. The molecule has 10 heteroatoms. The molecule has 0 bridgehead atoms. The highest BCUT2D eigenvalue weighted by Crippen LogP contribution is 2.34. The van der Waals surface area contributed by atoms with E-state index in [4.69, 9.17) is 9.47 Å². The molecule has 2 aromatic carbocycles. The molecule has 0 heterocycles. The average Bonchev–Trinajstić information content (AvgIpc) is 2.74. The highest BCUT2D eigenvalue weighted by molar-refractivity contribution is 6.37. The minimum absolute atomic E-state index is 0.103. The van der Waals surface area contributed by atoms with E-state index in [1.807, 2.05) is 0 Å². The number of rotatable bonds is 7. The maximum absolute atomic E-state index is 13.5. The molecule has 2 aromatic rings. The number of carbonyl (C=O) groups is 2. The van der Waals surface area contributed by atoms with Crippen molar-refractivity contribution in [1.29, 1.82) is 0 Å². The summed E-state index contributed by atoms with van der Waals surface area (Å²) in [6, 6.07) is 10.9. The van der Waals surface area contributed by atoms with Crippen molar-refractivity contribution >= 4 is 23.3 Å². The summed E-state index contributed by atoms with van der Waals surface area (Å²) in [5, 5.41) is 0. The molecule has 1 amide bonds.